The Kier molecular flexibility index (Phi) is 4.26. The number of aromatic nitrogens is 1. The molecule has 0 unspecified atom stereocenters. The SMILES string of the molecule is c1ccc(N(c2ccc3c4c(cccc24)-c2ccccc2-3)c2cc3cccnc3c3ccccc23)cc1. The minimum atomic E-state index is 1.03. The van der Waals surface area contributed by atoms with Crippen molar-refractivity contribution in [3.63, 3.8) is 0 Å². The summed E-state index contributed by atoms with van der Waals surface area (Å²) in [5.41, 5.74) is 9.74. The van der Waals surface area contributed by atoms with Crippen LogP contribution in [0.2, 0.25) is 0 Å². The monoisotopic (exact) mass is 470 g/mol. The van der Waals surface area contributed by atoms with E-state index >= 15 is 0 Å². The molecule has 0 atom stereocenters. The Labute approximate surface area is 215 Å². The number of nitrogens with zero attached hydrogens (tertiary/aromatic N) is 2. The molecule has 0 amide bonds. The molecule has 0 saturated carbocycles. The van der Waals surface area contributed by atoms with Crippen LogP contribution in [0.4, 0.5) is 17.1 Å². The summed E-state index contributed by atoms with van der Waals surface area (Å²) in [4.78, 5) is 7.16. The van der Waals surface area contributed by atoms with Crippen molar-refractivity contribution in [1.82, 2.24) is 4.98 Å². The predicted octanol–water partition coefficient (Wildman–Crippen LogP) is 9.66. The Morgan fingerprint density at radius 2 is 1.14 bits per heavy atom. The van der Waals surface area contributed by atoms with E-state index in [-0.39, 0.29) is 0 Å². The van der Waals surface area contributed by atoms with Crippen molar-refractivity contribution in [2.24, 2.45) is 0 Å². The van der Waals surface area contributed by atoms with Crippen LogP contribution in [0.1, 0.15) is 0 Å². The van der Waals surface area contributed by atoms with Gasteiger partial charge in [-0.1, -0.05) is 97.1 Å². The van der Waals surface area contributed by atoms with E-state index in [1.807, 2.05) is 12.3 Å². The lowest BCUT2D eigenvalue weighted by atomic mass is 9.98. The van der Waals surface area contributed by atoms with Crippen LogP contribution in [0.5, 0.6) is 0 Å². The van der Waals surface area contributed by atoms with Gasteiger partial charge in [0.25, 0.3) is 0 Å². The average molecular weight is 471 g/mol. The average Bonchev–Trinajstić information content (AvgIpc) is 3.30. The summed E-state index contributed by atoms with van der Waals surface area (Å²) < 4.78 is 0. The topological polar surface area (TPSA) is 16.1 Å². The van der Waals surface area contributed by atoms with Crippen LogP contribution in [-0.2, 0) is 0 Å². The maximum absolute atomic E-state index is 4.74. The summed E-state index contributed by atoms with van der Waals surface area (Å²) in [6.07, 6.45) is 1.88. The summed E-state index contributed by atoms with van der Waals surface area (Å²) in [5, 5.41) is 6.06. The van der Waals surface area contributed by atoms with Gasteiger partial charge in [-0.05, 0) is 58.0 Å². The van der Waals surface area contributed by atoms with E-state index in [1.165, 1.54) is 44.1 Å². The van der Waals surface area contributed by atoms with Gasteiger partial charge in [-0.2, -0.15) is 0 Å². The molecule has 8 rings (SSSR count). The van der Waals surface area contributed by atoms with Crippen molar-refractivity contribution in [2.45, 2.75) is 0 Å². The van der Waals surface area contributed by atoms with Gasteiger partial charge in [0.2, 0.25) is 0 Å². The van der Waals surface area contributed by atoms with Crippen molar-refractivity contribution in [3.05, 3.63) is 134 Å². The molecule has 7 aromatic rings. The highest BCUT2D eigenvalue weighted by atomic mass is 15.1. The largest absolute Gasteiger partial charge is 0.309 e. The van der Waals surface area contributed by atoms with E-state index in [9.17, 15) is 0 Å². The third-order valence-electron chi connectivity index (χ3n) is 7.61. The first-order chi connectivity index (χ1) is 18.4. The van der Waals surface area contributed by atoms with E-state index in [2.05, 4.69) is 126 Å². The Bertz CT molecular complexity index is 1960. The summed E-state index contributed by atoms with van der Waals surface area (Å²) >= 11 is 0. The number of pyridine rings is 1. The van der Waals surface area contributed by atoms with Gasteiger partial charge < -0.3 is 4.90 Å². The second kappa shape index (κ2) is 7.78. The van der Waals surface area contributed by atoms with Gasteiger partial charge in [0.1, 0.15) is 0 Å². The van der Waals surface area contributed by atoms with Crippen LogP contribution < -0.4 is 4.90 Å². The Morgan fingerprint density at radius 1 is 0.459 bits per heavy atom. The molecule has 1 heterocycles. The highest BCUT2D eigenvalue weighted by Gasteiger charge is 2.25. The van der Waals surface area contributed by atoms with Crippen LogP contribution in [0.3, 0.4) is 0 Å². The maximum Gasteiger partial charge on any atom is 0.0781 e. The van der Waals surface area contributed by atoms with Gasteiger partial charge in [-0.25, -0.2) is 0 Å². The molecule has 0 fully saturated rings. The molecule has 6 aromatic carbocycles. The molecule has 0 N–H and O–H groups in total. The molecule has 0 aliphatic heterocycles. The fraction of sp³-hybridized carbons (Fsp3) is 0. The molecule has 2 heteroatoms. The van der Waals surface area contributed by atoms with E-state index in [4.69, 9.17) is 4.98 Å². The quantitative estimate of drug-likeness (QED) is 0.239. The maximum atomic E-state index is 4.74. The number of fused-ring (bicyclic) bond motifs is 6. The molecular formula is C35H22N2. The zero-order valence-corrected chi connectivity index (χ0v) is 20.1. The standard InChI is InChI=1S/C35H22N2/c1-2-11-24(12-3-1)37(33-22-23-10-9-21-36-35(23)30-16-7-6-15-27(30)33)32-20-19-29-26-14-5-4-13-25(26)28-17-8-18-31(32)34(28)29/h1-22H. The van der Waals surface area contributed by atoms with Crippen molar-refractivity contribution in [2.75, 3.05) is 4.90 Å². The highest BCUT2D eigenvalue weighted by Crippen LogP contribution is 2.51. The number of benzene rings is 6. The molecule has 37 heavy (non-hydrogen) atoms. The molecule has 0 saturated heterocycles. The molecule has 2 nitrogen and oxygen atoms in total. The molecule has 0 bridgehead atoms. The zero-order valence-electron chi connectivity index (χ0n) is 20.1. The number of hydrogen-bond donors (Lipinski definition) is 0. The fourth-order valence-electron chi connectivity index (χ4n) is 6.06. The van der Waals surface area contributed by atoms with Crippen LogP contribution in [-0.4, -0.2) is 4.98 Å². The van der Waals surface area contributed by atoms with Crippen LogP contribution in [0.25, 0.3) is 54.7 Å². The fourth-order valence-corrected chi connectivity index (χ4v) is 6.06. The van der Waals surface area contributed by atoms with Crippen LogP contribution in [0, 0.1) is 0 Å². The van der Waals surface area contributed by atoms with Crippen molar-refractivity contribution >= 4 is 49.5 Å². The summed E-state index contributed by atoms with van der Waals surface area (Å²) in [7, 11) is 0. The normalized spacial score (nSPS) is 11.8. The summed E-state index contributed by atoms with van der Waals surface area (Å²) in [6.45, 7) is 0. The van der Waals surface area contributed by atoms with E-state index in [0.29, 0.717) is 0 Å². The number of hydrogen-bond acceptors (Lipinski definition) is 2. The molecule has 0 spiro atoms. The molecular weight excluding hydrogens is 448 g/mol. The van der Waals surface area contributed by atoms with Gasteiger partial charge in [0, 0.05) is 33.4 Å². The lowest BCUT2D eigenvalue weighted by Crippen LogP contribution is -2.11. The third-order valence-corrected chi connectivity index (χ3v) is 7.61. The lowest BCUT2D eigenvalue weighted by Gasteiger charge is -2.29. The van der Waals surface area contributed by atoms with Gasteiger partial charge in [0.05, 0.1) is 16.9 Å². The van der Waals surface area contributed by atoms with Crippen molar-refractivity contribution in [1.29, 1.82) is 0 Å². The minimum Gasteiger partial charge on any atom is -0.309 e. The molecule has 1 aliphatic carbocycles. The second-order valence-corrected chi connectivity index (χ2v) is 9.59. The Morgan fingerprint density at radius 3 is 1.97 bits per heavy atom. The number of para-hydroxylation sites is 1. The second-order valence-electron chi connectivity index (χ2n) is 9.59. The van der Waals surface area contributed by atoms with E-state index in [0.717, 1.165) is 27.7 Å². The third kappa shape index (κ3) is 2.90. The van der Waals surface area contributed by atoms with Crippen LogP contribution >= 0.6 is 0 Å². The first-order valence-corrected chi connectivity index (χ1v) is 12.7. The summed E-state index contributed by atoms with van der Waals surface area (Å²) in [5.74, 6) is 0. The first kappa shape index (κ1) is 20.3. The highest BCUT2D eigenvalue weighted by molar-refractivity contribution is 6.20. The van der Waals surface area contributed by atoms with Gasteiger partial charge in [0.15, 0.2) is 0 Å². The molecule has 1 aliphatic rings. The smallest absolute Gasteiger partial charge is 0.0781 e. The molecule has 172 valence electrons. The van der Waals surface area contributed by atoms with E-state index in [1.54, 1.807) is 0 Å². The van der Waals surface area contributed by atoms with Crippen molar-refractivity contribution < 1.29 is 0 Å². The number of rotatable bonds is 3. The Balaban J connectivity index is 1.49. The molecule has 1 aromatic heterocycles. The van der Waals surface area contributed by atoms with Gasteiger partial charge in [-0.15, -0.1) is 0 Å². The number of anilines is 3. The van der Waals surface area contributed by atoms with Gasteiger partial charge in [-0.3, -0.25) is 4.98 Å². The van der Waals surface area contributed by atoms with Crippen LogP contribution in [0.15, 0.2) is 134 Å². The minimum absolute atomic E-state index is 1.03. The first-order valence-electron chi connectivity index (χ1n) is 12.7. The predicted molar refractivity (Wildman–Crippen MR) is 156 cm³/mol. The molecule has 0 radical (unpaired) electrons. The summed E-state index contributed by atoms with van der Waals surface area (Å²) in [6, 6.07) is 45.8. The lowest BCUT2D eigenvalue weighted by molar-refractivity contribution is 1.31. The van der Waals surface area contributed by atoms with Gasteiger partial charge >= 0.3 is 0 Å². The van der Waals surface area contributed by atoms with Crippen molar-refractivity contribution in [3.8, 4) is 22.3 Å². The van der Waals surface area contributed by atoms with E-state index < -0.39 is 0 Å². The Hall–Kier alpha value is -4.95. The zero-order chi connectivity index (χ0) is 24.3.